The number of halogens is 1. The molecule has 1 aliphatic rings. The van der Waals surface area contributed by atoms with Crippen molar-refractivity contribution in [2.24, 2.45) is 0 Å². The number of aromatic nitrogens is 2. The average molecular weight is 347 g/mol. The van der Waals surface area contributed by atoms with E-state index in [9.17, 15) is 4.79 Å². The monoisotopic (exact) mass is 346 g/mol. The summed E-state index contributed by atoms with van der Waals surface area (Å²) in [5, 5.41) is 7.96. The second-order valence-electron chi connectivity index (χ2n) is 5.71. The molecule has 7 heteroatoms. The van der Waals surface area contributed by atoms with Crippen molar-refractivity contribution in [2.75, 3.05) is 30.3 Å². The predicted molar refractivity (Wildman–Crippen MR) is 93.4 cm³/mol. The van der Waals surface area contributed by atoms with Crippen molar-refractivity contribution < 1.29 is 9.53 Å². The minimum Gasteiger partial charge on any atom is -0.462 e. The van der Waals surface area contributed by atoms with Gasteiger partial charge in [-0.25, -0.2) is 4.79 Å². The van der Waals surface area contributed by atoms with Crippen LogP contribution in [-0.4, -0.2) is 35.9 Å². The molecular weight excluding hydrogens is 328 g/mol. The largest absolute Gasteiger partial charge is 0.462 e. The molecule has 2 aromatic rings. The van der Waals surface area contributed by atoms with Gasteiger partial charge in [0.25, 0.3) is 0 Å². The first-order valence-corrected chi connectivity index (χ1v) is 8.27. The summed E-state index contributed by atoms with van der Waals surface area (Å²) in [6.45, 7) is 3.87. The Hall–Kier alpha value is -2.34. The van der Waals surface area contributed by atoms with Gasteiger partial charge in [-0.05, 0) is 31.0 Å². The van der Waals surface area contributed by atoms with Crippen LogP contribution in [0.1, 0.15) is 35.2 Å². The molecule has 1 aromatic carbocycles. The number of hydrogen-bond acceptors (Lipinski definition) is 6. The third-order valence-corrected chi connectivity index (χ3v) is 4.38. The number of carbonyl (C=O) groups excluding carboxylic acids is 1. The molecule has 2 N–H and O–H groups in total. The summed E-state index contributed by atoms with van der Waals surface area (Å²) in [5.41, 5.74) is 8.50. The van der Waals surface area contributed by atoms with Crippen LogP contribution >= 0.6 is 11.6 Å². The van der Waals surface area contributed by atoms with Gasteiger partial charge in [0.05, 0.1) is 17.9 Å². The molecule has 1 aromatic heterocycles. The van der Waals surface area contributed by atoms with E-state index >= 15 is 0 Å². The third-order valence-electron chi connectivity index (χ3n) is 4.19. The second-order valence-corrected chi connectivity index (χ2v) is 6.10. The predicted octanol–water partition coefficient (Wildman–Crippen LogP) is 2.88. The average Bonchev–Trinajstić information content (AvgIpc) is 3.07. The number of nitrogen functional groups attached to an aromatic ring is 1. The smallest absolute Gasteiger partial charge is 0.338 e. The van der Waals surface area contributed by atoms with E-state index in [0.29, 0.717) is 29.1 Å². The summed E-state index contributed by atoms with van der Waals surface area (Å²) in [6.07, 6.45) is 0.998. The molecule has 1 aliphatic heterocycles. The van der Waals surface area contributed by atoms with E-state index in [1.807, 2.05) is 24.3 Å². The lowest BCUT2D eigenvalue weighted by atomic mass is 9.97. The van der Waals surface area contributed by atoms with Gasteiger partial charge in [-0.3, -0.25) is 0 Å². The fourth-order valence-corrected chi connectivity index (χ4v) is 3.12. The SMILES string of the molecule is CCOC(=O)c1ccc([C@H]2CCN(c3cc(Cl)nnc3N)C2)cc1. The fourth-order valence-electron chi connectivity index (χ4n) is 2.98. The van der Waals surface area contributed by atoms with E-state index in [1.54, 1.807) is 13.0 Å². The molecular formula is C17H19ClN4O2. The molecule has 0 bridgehead atoms. The third kappa shape index (κ3) is 3.43. The van der Waals surface area contributed by atoms with Gasteiger partial charge < -0.3 is 15.4 Å². The molecule has 0 unspecified atom stereocenters. The zero-order chi connectivity index (χ0) is 17.1. The van der Waals surface area contributed by atoms with E-state index in [-0.39, 0.29) is 5.97 Å². The van der Waals surface area contributed by atoms with Crippen LogP contribution in [0, 0.1) is 0 Å². The Bertz CT molecular complexity index is 736. The Morgan fingerprint density at radius 2 is 2.12 bits per heavy atom. The summed E-state index contributed by atoms with van der Waals surface area (Å²) in [5.74, 6) is 0.465. The number of nitrogens with zero attached hydrogens (tertiary/aromatic N) is 3. The summed E-state index contributed by atoms with van der Waals surface area (Å²) < 4.78 is 5.01. The first-order chi connectivity index (χ1) is 11.6. The van der Waals surface area contributed by atoms with Crippen molar-refractivity contribution in [3.8, 4) is 0 Å². The van der Waals surface area contributed by atoms with Gasteiger partial charge >= 0.3 is 5.97 Å². The minimum absolute atomic E-state index is 0.289. The van der Waals surface area contributed by atoms with E-state index < -0.39 is 0 Å². The van der Waals surface area contributed by atoms with Crippen molar-refractivity contribution in [1.29, 1.82) is 0 Å². The molecule has 0 amide bonds. The van der Waals surface area contributed by atoms with Crippen molar-refractivity contribution in [2.45, 2.75) is 19.3 Å². The van der Waals surface area contributed by atoms with Crippen molar-refractivity contribution >= 4 is 29.1 Å². The molecule has 126 valence electrons. The molecule has 0 spiro atoms. The Labute approximate surface area is 145 Å². The lowest BCUT2D eigenvalue weighted by Gasteiger charge is -2.19. The summed E-state index contributed by atoms with van der Waals surface area (Å²) in [4.78, 5) is 13.9. The normalized spacial score (nSPS) is 17.1. The molecule has 3 rings (SSSR count). The Balaban J connectivity index is 1.71. The van der Waals surface area contributed by atoms with Crippen LogP contribution in [0.25, 0.3) is 0 Å². The highest BCUT2D eigenvalue weighted by Crippen LogP contribution is 2.33. The molecule has 1 atom stereocenters. The fraction of sp³-hybridized carbons (Fsp3) is 0.353. The van der Waals surface area contributed by atoms with Gasteiger partial charge in [-0.2, -0.15) is 0 Å². The van der Waals surface area contributed by atoms with Crippen LogP contribution in [0.15, 0.2) is 30.3 Å². The topological polar surface area (TPSA) is 81.3 Å². The zero-order valence-corrected chi connectivity index (χ0v) is 14.2. The van der Waals surface area contributed by atoms with E-state index in [2.05, 4.69) is 15.1 Å². The number of anilines is 2. The highest BCUT2D eigenvalue weighted by Gasteiger charge is 2.26. The zero-order valence-electron chi connectivity index (χ0n) is 13.4. The van der Waals surface area contributed by atoms with E-state index in [0.717, 1.165) is 25.2 Å². The standard InChI is InChI=1S/C17H19ClN4O2/c1-2-24-17(23)12-5-3-11(4-6-12)13-7-8-22(10-13)14-9-15(18)20-21-16(14)19/h3-6,9,13H,2,7-8,10H2,1H3,(H2,19,21)/t13-/m0/s1. The highest BCUT2D eigenvalue weighted by atomic mass is 35.5. The molecule has 0 radical (unpaired) electrons. The molecule has 1 fully saturated rings. The Morgan fingerprint density at radius 1 is 1.38 bits per heavy atom. The summed E-state index contributed by atoms with van der Waals surface area (Å²) in [6, 6.07) is 9.35. The lowest BCUT2D eigenvalue weighted by molar-refractivity contribution is 0.0526. The van der Waals surface area contributed by atoms with Crippen LogP contribution in [0.2, 0.25) is 5.15 Å². The molecule has 2 heterocycles. The number of benzene rings is 1. The maximum absolute atomic E-state index is 11.7. The number of ether oxygens (including phenoxy) is 1. The molecule has 6 nitrogen and oxygen atoms in total. The second kappa shape index (κ2) is 7.05. The molecule has 0 saturated carbocycles. The minimum atomic E-state index is -0.289. The van der Waals surface area contributed by atoms with Crippen LogP contribution in [-0.2, 0) is 4.74 Å². The quantitative estimate of drug-likeness (QED) is 0.857. The van der Waals surface area contributed by atoms with Crippen LogP contribution in [0.3, 0.4) is 0 Å². The number of esters is 1. The van der Waals surface area contributed by atoms with Crippen LogP contribution < -0.4 is 10.6 Å². The van der Waals surface area contributed by atoms with Crippen LogP contribution in [0.4, 0.5) is 11.5 Å². The summed E-state index contributed by atoms with van der Waals surface area (Å²) >= 11 is 5.92. The van der Waals surface area contributed by atoms with Gasteiger partial charge in [0.2, 0.25) is 0 Å². The van der Waals surface area contributed by atoms with Gasteiger partial charge in [0, 0.05) is 25.1 Å². The maximum atomic E-state index is 11.7. The lowest BCUT2D eigenvalue weighted by Crippen LogP contribution is -2.21. The number of hydrogen-bond donors (Lipinski definition) is 1. The first-order valence-electron chi connectivity index (χ1n) is 7.89. The van der Waals surface area contributed by atoms with Gasteiger partial charge in [-0.1, -0.05) is 23.7 Å². The number of carbonyl (C=O) groups is 1. The van der Waals surface area contributed by atoms with Crippen molar-refractivity contribution in [3.05, 3.63) is 46.6 Å². The number of nitrogens with two attached hydrogens (primary N) is 1. The van der Waals surface area contributed by atoms with Gasteiger partial charge in [0.1, 0.15) is 0 Å². The molecule has 1 saturated heterocycles. The van der Waals surface area contributed by atoms with Crippen molar-refractivity contribution in [3.63, 3.8) is 0 Å². The van der Waals surface area contributed by atoms with Gasteiger partial charge in [0.15, 0.2) is 11.0 Å². The maximum Gasteiger partial charge on any atom is 0.338 e. The highest BCUT2D eigenvalue weighted by molar-refractivity contribution is 6.29. The Kier molecular flexibility index (Phi) is 4.85. The van der Waals surface area contributed by atoms with E-state index in [4.69, 9.17) is 22.1 Å². The van der Waals surface area contributed by atoms with E-state index in [1.165, 1.54) is 5.56 Å². The molecule has 24 heavy (non-hydrogen) atoms. The Morgan fingerprint density at radius 3 is 2.83 bits per heavy atom. The van der Waals surface area contributed by atoms with Crippen LogP contribution in [0.5, 0.6) is 0 Å². The first kappa shape index (κ1) is 16.5. The van der Waals surface area contributed by atoms with Crippen molar-refractivity contribution in [1.82, 2.24) is 10.2 Å². The molecule has 0 aliphatic carbocycles. The number of rotatable bonds is 4. The van der Waals surface area contributed by atoms with Gasteiger partial charge in [-0.15, -0.1) is 10.2 Å². The summed E-state index contributed by atoms with van der Waals surface area (Å²) in [7, 11) is 0.